The number of hydrogen-bond donors (Lipinski definition) is 0. The van der Waals surface area contributed by atoms with E-state index in [4.69, 9.17) is 4.74 Å². The molecule has 0 radical (unpaired) electrons. The molecule has 130 valence electrons. The Kier molecular flexibility index (Phi) is 4.02. The third-order valence-electron chi connectivity index (χ3n) is 4.38. The summed E-state index contributed by atoms with van der Waals surface area (Å²) in [5.41, 5.74) is 4.09. The smallest absolute Gasteiger partial charge is 0.230 e. The van der Waals surface area contributed by atoms with E-state index in [1.165, 1.54) is 17.1 Å². The van der Waals surface area contributed by atoms with E-state index in [0.717, 1.165) is 28.0 Å². The molecule has 6 heteroatoms. The van der Waals surface area contributed by atoms with Crippen LogP contribution in [0.2, 0.25) is 0 Å². The van der Waals surface area contributed by atoms with Gasteiger partial charge in [-0.25, -0.2) is 4.52 Å². The van der Waals surface area contributed by atoms with Crippen LogP contribution in [0.25, 0.3) is 16.6 Å². The van der Waals surface area contributed by atoms with Crippen LogP contribution in [0, 0.1) is 6.92 Å². The minimum atomic E-state index is 0.550. The molecule has 4 nitrogen and oxygen atoms in total. The Morgan fingerprint density at radius 2 is 1.81 bits per heavy atom. The number of thioether (sulfide) groups is 2. The first-order chi connectivity index (χ1) is 12.8. The van der Waals surface area contributed by atoms with Gasteiger partial charge in [-0.15, -0.1) is 23.5 Å². The van der Waals surface area contributed by atoms with Crippen LogP contribution in [0.5, 0.6) is 11.6 Å². The molecule has 1 saturated heterocycles. The number of para-hydroxylation sites is 1. The molecule has 26 heavy (non-hydrogen) atoms. The van der Waals surface area contributed by atoms with Crippen molar-refractivity contribution in [2.75, 3.05) is 11.5 Å². The van der Waals surface area contributed by atoms with Crippen molar-refractivity contribution in [1.29, 1.82) is 0 Å². The number of hydrogen-bond acceptors (Lipinski definition) is 5. The second kappa shape index (κ2) is 6.52. The van der Waals surface area contributed by atoms with Crippen LogP contribution in [0.15, 0.2) is 54.6 Å². The summed E-state index contributed by atoms with van der Waals surface area (Å²) in [5.74, 6) is 3.88. The third kappa shape index (κ3) is 2.83. The molecule has 1 aliphatic rings. The van der Waals surface area contributed by atoms with Crippen LogP contribution >= 0.6 is 23.5 Å². The van der Waals surface area contributed by atoms with Gasteiger partial charge < -0.3 is 4.74 Å². The van der Waals surface area contributed by atoms with E-state index in [0.29, 0.717) is 10.5 Å². The summed E-state index contributed by atoms with van der Waals surface area (Å²) in [5, 5.41) is 5.49. The van der Waals surface area contributed by atoms with Crippen LogP contribution in [0.3, 0.4) is 0 Å². The average Bonchev–Trinajstić information content (AvgIpc) is 3.32. The van der Waals surface area contributed by atoms with Gasteiger partial charge in [0, 0.05) is 17.6 Å². The maximum absolute atomic E-state index is 6.16. The summed E-state index contributed by atoms with van der Waals surface area (Å²) in [6.45, 7) is 1.97. The Balaban J connectivity index is 1.53. The van der Waals surface area contributed by atoms with Gasteiger partial charge in [0.1, 0.15) is 5.75 Å². The SMILES string of the molecule is Cc1cc2nc(Oc3ccc(C4SCCS4)cc3)c3ccccc3n2n1. The van der Waals surface area contributed by atoms with Crippen molar-refractivity contribution in [3.63, 3.8) is 0 Å². The number of fused-ring (bicyclic) bond motifs is 3. The molecule has 0 saturated carbocycles. The molecule has 0 spiro atoms. The lowest BCUT2D eigenvalue weighted by Gasteiger charge is -2.11. The molecule has 1 fully saturated rings. The van der Waals surface area contributed by atoms with E-state index in [-0.39, 0.29) is 0 Å². The van der Waals surface area contributed by atoms with E-state index >= 15 is 0 Å². The van der Waals surface area contributed by atoms with Gasteiger partial charge in [0.2, 0.25) is 5.88 Å². The summed E-state index contributed by atoms with van der Waals surface area (Å²) in [6.07, 6.45) is 0. The topological polar surface area (TPSA) is 39.4 Å². The van der Waals surface area contributed by atoms with E-state index in [9.17, 15) is 0 Å². The maximum Gasteiger partial charge on any atom is 0.230 e. The first kappa shape index (κ1) is 16.0. The highest BCUT2D eigenvalue weighted by atomic mass is 32.2. The second-order valence-corrected chi connectivity index (χ2v) is 8.96. The Morgan fingerprint density at radius 3 is 2.62 bits per heavy atom. The monoisotopic (exact) mass is 379 g/mol. The van der Waals surface area contributed by atoms with Gasteiger partial charge in [0.15, 0.2) is 5.65 Å². The van der Waals surface area contributed by atoms with E-state index in [1.54, 1.807) is 0 Å². The molecule has 0 atom stereocenters. The maximum atomic E-state index is 6.16. The van der Waals surface area contributed by atoms with Gasteiger partial charge in [0.25, 0.3) is 0 Å². The standard InChI is InChI=1S/C20H17N3OS2/c1-13-12-18-21-19(16-4-2-3-5-17(16)23(18)22-13)24-15-8-6-14(7-9-15)20-25-10-11-26-20/h2-9,12,20H,10-11H2,1H3. The zero-order valence-electron chi connectivity index (χ0n) is 14.3. The quantitative estimate of drug-likeness (QED) is 0.472. The molecule has 4 aromatic rings. The lowest BCUT2D eigenvalue weighted by molar-refractivity contribution is 0.469. The minimum Gasteiger partial charge on any atom is -0.438 e. The molecule has 3 heterocycles. The van der Waals surface area contributed by atoms with Gasteiger partial charge in [-0.05, 0) is 36.8 Å². The van der Waals surface area contributed by atoms with Gasteiger partial charge in [-0.1, -0.05) is 24.3 Å². The molecule has 0 unspecified atom stereocenters. The fourth-order valence-electron chi connectivity index (χ4n) is 3.18. The van der Waals surface area contributed by atoms with Crippen molar-refractivity contribution < 1.29 is 4.74 Å². The predicted octanol–water partition coefficient (Wildman–Crippen LogP) is 5.46. The van der Waals surface area contributed by atoms with Gasteiger partial charge >= 0.3 is 0 Å². The fourth-order valence-corrected chi connectivity index (χ4v) is 6.04. The average molecular weight is 380 g/mol. The van der Waals surface area contributed by atoms with Crippen molar-refractivity contribution in [3.05, 3.63) is 65.9 Å². The molecule has 2 aromatic carbocycles. The Labute approximate surface area is 160 Å². The van der Waals surface area contributed by atoms with Gasteiger partial charge in [-0.2, -0.15) is 10.1 Å². The molecule has 0 N–H and O–H groups in total. The first-order valence-electron chi connectivity index (χ1n) is 8.54. The summed E-state index contributed by atoms with van der Waals surface area (Å²) in [6, 6.07) is 18.4. The Morgan fingerprint density at radius 1 is 1.04 bits per heavy atom. The molecule has 0 aliphatic carbocycles. The Hall–Kier alpha value is -2.18. The van der Waals surface area contributed by atoms with Gasteiger partial charge in [-0.3, -0.25) is 0 Å². The van der Waals surface area contributed by atoms with Crippen molar-refractivity contribution in [2.45, 2.75) is 11.5 Å². The highest BCUT2D eigenvalue weighted by molar-refractivity contribution is 8.19. The second-order valence-electron chi connectivity index (χ2n) is 6.23. The van der Waals surface area contributed by atoms with Crippen LogP contribution in [0.1, 0.15) is 15.8 Å². The Bertz CT molecular complexity index is 1090. The predicted molar refractivity (Wildman–Crippen MR) is 109 cm³/mol. The van der Waals surface area contributed by atoms with Crippen LogP contribution in [0.4, 0.5) is 0 Å². The number of rotatable bonds is 3. The molecule has 0 bridgehead atoms. The van der Waals surface area contributed by atoms with Crippen LogP contribution in [-0.2, 0) is 0 Å². The zero-order chi connectivity index (χ0) is 17.5. The summed E-state index contributed by atoms with van der Waals surface area (Å²) >= 11 is 4.02. The fraction of sp³-hybridized carbons (Fsp3) is 0.200. The number of benzene rings is 2. The van der Waals surface area contributed by atoms with Crippen molar-refractivity contribution in [2.24, 2.45) is 0 Å². The van der Waals surface area contributed by atoms with Crippen molar-refractivity contribution >= 4 is 40.1 Å². The third-order valence-corrected chi connectivity index (χ3v) is 7.48. The van der Waals surface area contributed by atoms with Crippen LogP contribution in [-0.4, -0.2) is 26.1 Å². The summed E-state index contributed by atoms with van der Waals surface area (Å²) < 4.78 is 8.58. The summed E-state index contributed by atoms with van der Waals surface area (Å²) in [7, 11) is 0. The lowest BCUT2D eigenvalue weighted by atomic mass is 10.2. The molecule has 0 amide bonds. The largest absolute Gasteiger partial charge is 0.438 e. The van der Waals surface area contributed by atoms with E-state index in [2.05, 4.69) is 22.2 Å². The minimum absolute atomic E-state index is 0.550. The van der Waals surface area contributed by atoms with Crippen LogP contribution < -0.4 is 4.74 Å². The molecular formula is C20H17N3OS2. The normalized spacial score (nSPS) is 15.1. The zero-order valence-corrected chi connectivity index (χ0v) is 15.9. The van der Waals surface area contributed by atoms with Crippen molar-refractivity contribution in [3.8, 4) is 11.6 Å². The number of nitrogens with zero attached hydrogens (tertiary/aromatic N) is 3. The number of aromatic nitrogens is 3. The van der Waals surface area contributed by atoms with E-state index < -0.39 is 0 Å². The molecule has 5 rings (SSSR count). The molecular weight excluding hydrogens is 362 g/mol. The lowest BCUT2D eigenvalue weighted by Crippen LogP contribution is -1.97. The molecule has 1 aliphatic heterocycles. The highest BCUT2D eigenvalue weighted by Gasteiger charge is 2.18. The highest BCUT2D eigenvalue weighted by Crippen LogP contribution is 2.45. The number of ether oxygens (including phenoxy) is 1. The van der Waals surface area contributed by atoms with E-state index in [1.807, 2.05) is 77.4 Å². The summed E-state index contributed by atoms with van der Waals surface area (Å²) in [4.78, 5) is 4.69. The first-order valence-corrected chi connectivity index (χ1v) is 10.6. The van der Waals surface area contributed by atoms with Crippen molar-refractivity contribution in [1.82, 2.24) is 14.6 Å². The number of aryl methyl sites for hydroxylation is 1. The van der Waals surface area contributed by atoms with Gasteiger partial charge in [0.05, 0.1) is 21.2 Å². The molecule has 2 aromatic heterocycles.